The molecule has 118 valence electrons. The van der Waals surface area contributed by atoms with Gasteiger partial charge in [-0.05, 0) is 43.5 Å². The highest BCUT2D eigenvalue weighted by Gasteiger charge is 2.32. The van der Waals surface area contributed by atoms with Crippen molar-refractivity contribution in [1.29, 1.82) is 0 Å². The molecule has 1 N–H and O–H groups in total. The molecule has 6 heteroatoms. The summed E-state index contributed by atoms with van der Waals surface area (Å²) < 4.78 is 37.4. The first kappa shape index (κ1) is 16.1. The maximum Gasteiger partial charge on any atom is 0.433 e. The normalized spacial score (nSPS) is 19.5. The van der Waals surface area contributed by atoms with Crippen LogP contribution in [0.2, 0.25) is 0 Å². The van der Waals surface area contributed by atoms with E-state index in [-0.39, 0.29) is 0 Å². The molecule has 1 atom stereocenters. The fourth-order valence-electron chi connectivity index (χ4n) is 2.55. The zero-order valence-electron chi connectivity index (χ0n) is 12.5. The molecule has 1 saturated heterocycles. The van der Waals surface area contributed by atoms with Crippen LogP contribution in [0.1, 0.15) is 26.0 Å². The molecule has 0 amide bonds. The van der Waals surface area contributed by atoms with Gasteiger partial charge in [-0.15, -0.1) is 0 Å². The van der Waals surface area contributed by atoms with Gasteiger partial charge in [0.2, 0.25) is 0 Å². The van der Waals surface area contributed by atoms with Gasteiger partial charge in [0.1, 0.15) is 5.69 Å². The van der Waals surface area contributed by atoms with E-state index in [4.69, 9.17) is 0 Å². The van der Waals surface area contributed by atoms with E-state index in [0.29, 0.717) is 11.8 Å². The first-order valence-electron chi connectivity index (χ1n) is 7.35. The van der Waals surface area contributed by atoms with E-state index in [1.807, 2.05) is 0 Å². The molecule has 0 saturated carbocycles. The number of pyridine rings is 1. The van der Waals surface area contributed by atoms with Gasteiger partial charge >= 0.3 is 6.18 Å². The fraction of sp³-hybridized carbons (Fsp3) is 0.667. The molecule has 1 aromatic heterocycles. The summed E-state index contributed by atoms with van der Waals surface area (Å²) in [4.78, 5) is 5.63. The molecule has 0 aromatic carbocycles. The van der Waals surface area contributed by atoms with Gasteiger partial charge in [0.25, 0.3) is 0 Å². The highest BCUT2D eigenvalue weighted by Crippen LogP contribution is 2.29. The van der Waals surface area contributed by atoms with Crippen molar-refractivity contribution in [2.24, 2.45) is 11.8 Å². The highest BCUT2D eigenvalue weighted by atomic mass is 19.4. The number of anilines is 1. The molecule has 0 bridgehead atoms. The third-order valence-corrected chi connectivity index (χ3v) is 3.67. The summed E-state index contributed by atoms with van der Waals surface area (Å²) in [5.74, 6) is 1.17. The van der Waals surface area contributed by atoms with Crippen molar-refractivity contribution in [2.45, 2.75) is 26.4 Å². The average molecular weight is 301 g/mol. The first-order valence-corrected chi connectivity index (χ1v) is 7.35. The van der Waals surface area contributed by atoms with Crippen molar-refractivity contribution in [3.63, 3.8) is 0 Å². The molecule has 3 nitrogen and oxygen atoms in total. The second-order valence-electron chi connectivity index (χ2n) is 6.05. The summed E-state index contributed by atoms with van der Waals surface area (Å²) in [7, 11) is 0. The van der Waals surface area contributed by atoms with Crippen LogP contribution < -0.4 is 10.2 Å². The Morgan fingerprint density at radius 1 is 1.38 bits per heavy atom. The van der Waals surface area contributed by atoms with Gasteiger partial charge in [-0.1, -0.05) is 13.8 Å². The Morgan fingerprint density at radius 3 is 2.71 bits per heavy atom. The predicted octanol–water partition coefficient (Wildman–Crippen LogP) is 3.17. The number of halogens is 3. The molecular formula is C15H22F3N3. The topological polar surface area (TPSA) is 28.2 Å². The van der Waals surface area contributed by atoms with Gasteiger partial charge in [0.15, 0.2) is 0 Å². The number of nitrogens with one attached hydrogen (secondary N) is 1. The van der Waals surface area contributed by atoms with Gasteiger partial charge in [-0.3, -0.25) is 0 Å². The first-order chi connectivity index (χ1) is 9.86. The van der Waals surface area contributed by atoms with Crippen LogP contribution in [0.3, 0.4) is 0 Å². The molecule has 1 aliphatic heterocycles. The molecule has 0 radical (unpaired) electrons. The minimum Gasteiger partial charge on any atom is -0.370 e. The minimum atomic E-state index is -4.37. The van der Waals surface area contributed by atoms with Gasteiger partial charge in [0, 0.05) is 13.1 Å². The molecule has 1 fully saturated rings. The minimum absolute atomic E-state index is 0.547. The molecule has 1 aromatic rings. The molecule has 1 unspecified atom stereocenters. The number of hydrogen-bond donors (Lipinski definition) is 1. The van der Waals surface area contributed by atoms with E-state index in [0.717, 1.165) is 44.4 Å². The summed E-state index contributed by atoms with van der Waals surface area (Å²) in [5.41, 5.74) is -0.0602. The summed E-state index contributed by atoms with van der Waals surface area (Å²) >= 11 is 0. The standard InChI is InChI=1S/C15H22F3N3/c1-11(2)7-19-8-12-5-6-21(10-12)13-3-4-14(20-9-13)15(16,17)18/h3-4,9,11-12,19H,5-8,10H2,1-2H3. The largest absolute Gasteiger partial charge is 0.433 e. The Hall–Kier alpha value is -1.30. The van der Waals surface area contributed by atoms with Crippen molar-refractivity contribution in [3.8, 4) is 0 Å². The van der Waals surface area contributed by atoms with Crippen LogP contribution >= 0.6 is 0 Å². The zero-order valence-corrected chi connectivity index (χ0v) is 12.5. The van der Waals surface area contributed by atoms with Crippen LogP contribution in [0.4, 0.5) is 18.9 Å². The fourth-order valence-corrected chi connectivity index (χ4v) is 2.55. The van der Waals surface area contributed by atoms with Crippen LogP contribution in [-0.2, 0) is 6.18 Å². The molecule has 2 rings (SSSR count). The van der Waals surface area contributed by atoms with Crippen molar-refractivity contribution in [2.75, 3.05) is 31.1 Å². The van der Waals surface area contributed by atoms with E-state index in [1.54, 1.807) is 0 Å². The number of hydrogen-bond acceptors (Lipinski definition) is 3. The zero-order chi connectivity index (χ0) is 15.5. The smallest absolute Gasteiger partial charge is 0.370 e. The molecule has 2 heterocycles. The van der Waals surface area contributed by atoms with Crippen LogP contribution in [0.5, 0.6) is 0 Å². The van der Waals surface area contributed by atoms with Crippen molar-refractivity contribution >= 4 is 5.69 Å². The van der Waals surface area contributed by atoms with Crippen LogP contribution in [0.25, 0.3) is 0 Å². The Balaban J connectivity index is 1.86. The third-order valence-electron chi connectivity index (χ3n) is 3.67. The Kier molecular flexibility index (Phi) is 5.08. The van der Waals surface area contributed by atoms with Gasteiger partial charge in [-0.25, -0.2) is 4.98 Å². The van der Waals surface area contributed by atoms with Gasteiger partial charge in [-0.2, -0.15) is 13.2 Å². The molecule has 0 spiro atoms. The Labute approximate surface area is 123 Å². The second-order valence-corrected chi connectivity index (χ2v) is 6.05. The van der Waals surface area contributed by atoms with Crippen LogP contribution in [0.15, 0.2) is 18.3 Å². The lowest BCUT2D eigenvalue weighted by atomic mass is 10.1. The average Bonchev–Trinajstić information content (AvgIpc) is 2.86. The monoisotopic (exact) mass is 301 g/mol. The predicted molar refractivity (Wildman–Crippen MR) is 77.3 cm³/mol. The van der Waals surface area contributed by atoms with Crippen molar-refractivity contribution in [1.82, 2.24) is 10.3 Å². The van der Waals surface area contributed by atoms with Gasteiger partial charge in [0.05, 0.1) is 11.9 Å². The number of alkyl halides is 3. The molecular weight excluding hydrogens is 279 g/mol. The Morgan fingerprint density at radius 2 is 2.14 bits per heavy atom. The van der Waals surface area contributed by atoms with E-state index >= 15 is 0 Å². The van der Waals surface area contributed by atoms with Crippen LogP contribution in [-0.4, -0.2) is 31.2 Å². The number of aromatic nitrogens is 1. The molecule has 0 aliphatic carbocycles. The summed E-state index contributed by atoms with van der Waals surface area (Å²) in [5, 5.41) is 3.44. The summed E-state index contributed by atoms with van der Waals surface area (Å²) in [6.45, 7) is 8.05. The lowest BCUT2D eigenvalue weighted by Crippen LogP contribution is -2.28. The maximum absolute atomic E-state index is 12.5. The van der Waals surface area contributed by atoms with E-state index < -0.39 is 11.9 Å². The summed E-state index contributed by atoms with van der Waals surface area (Å²) in [6, 6.07) is 2.57. The van der Waals surface area contributed by atoms with E-state index in [2.05, 4.69) is 29.0 Å². The van der Waals surface area contributed by atoms with Crippen molar-refractivity contribution < 1.29 is 13.2 Å². The van der Waals surface area contributed by atoms with Crippen molar-refractivity contribution in [3.05, 3.63) is 24.0 Å². The second kappa shape index (κ2) is 6.64. The molecule has 21 heavy (non-hydrogen) atoms. The Bertz CT molecular complexity index is 442. The number of nitrogens with zero attached hydrogens (tertiary/aromatic N) is 2. The number of rotatable bonds is 5. The van der Waals surface area contributed by atoms with Crippen LogP contribution in [0, 0.1) is 11.8 Å². The van der Waals surface area contributed by atoms with Gasteiger partial charge < -0.3 is 10.2 Å². The summed E-state index contributed by atoms with van der Waals surface area (Å²) in [6.07, 6.45) is -1.98. The lowest BCUT2D eigenvalue weighted by molar-refractivity contribution is -0.141. The SMILES string of the molecule is CC(C)CNCC1CCN(c2ccc(C(F)(F)F)nc2)C1. The van der Waals surface area contributed by atoms with E-state index in [9.17, 15) is 13.2 Å². The maximum atomic E-state index is 12.5. The quantitative estimate of drug-likeness (QED) is 0.905. The highest BCUT2D eigenvalue weighted by molar-refractivity contribution is 5.45. The van der Waals surface area contributed by atoms with E-state index in [1.165, 1.54) is 12.3 Å². The lowest BCUT2D eigenvalue weighted by Gasteiger charge is -2.19. The molecule has 1 aliphatic rings. The third kappa shape index (κ3) is 4.59.